The lowest BCUT2D eigenvalue weighted by atomic mass is 10.1. The SMILES string of the molecule is COc1cc(OC)c(OC)cc1/C=C(/C)C(=O)NNC(=S)Nc1c(C)cc(Br)cc1C. The molecule has 9 heteroatoms. The topological polar surface area (TPSA) is 80.9 Å². The van der Waals surface area contributed by atoms with Gasteiger partial charge in [-0.2, -0.15) is 0 Å². The minimum atomic E-state index is -0.342. The number of methoxy groups -OCH3 is 3. The predicted octanol–water partition coefficient (Wildman–Crippen LogP) is 4.51. The number of ether oxygens (including phenoxy) is 3. The van der Waals surface area contributed by atoms with E-state index in [9.17, 15) is 4.79 Å². The van der Waals surface area contributed by atoms with Crippen LogP contribution in [0.4, 0.5) is 5.69 Å². The van der Waals surface area contributed by atoms with Crippen LogP contribution in [0.5, 0.6) is 17.2 Å². The molecule has 0 saturated heterocycles. The third kappa shape index (κ3) is 6.35. The number of amides is 1. The first kappa shape index (κ1) is 24.5. The molecule has 0 bridgehead atoms. The first-order valence-electron chi connectivity index (χ1n) is 9.32. The number of benzene rings is 2. The normalized spacial score (nSPS) is 10.9. The Morgan fingerprint density at radius 3 is 2.03 bits per heavy atom. The highest BCUT2D eigenvalue weighted by Gasteiger charge is 2.13. The zero-order chi connectivity index (χ0) is 23.1. The lowest BCUT2D eigenvalue weighted by molar-refractivity contribution is -0.117. The van der Waals surface area contributed by atoms with Gasteiger partial charge in [0.1, 0.15) is 5.75 Å². The number of halogens is 1. The quantitative estimate of drug-likeness (QED) is 0.301. The van der Waals surface area contributed by atoms with Crippen molar-refractivity contribution >= 4 is 50.9 Å². The van der Waals surface area contributed by atoms with E-state index in [1.54, 1.807) is 46.5 Å². The molecule has 2 aromatic rings. The molecule has 31 heavy (non-hydrogen) atoms. The number of carbonyl (C=O) groups is 1. The molecule has 0 aliphatic rings. The molecule has 7 nitrogen and oxygen atoms in total. The summed E-state index contributed by atoms with van der Waals surface area (Å²) in [7, 11) is 4.64. The summed E-state index contributed by atoms with van der Waals surface area (Å²) in [5, 5.41) is 3.39. The maximum absolute atomic E-state index is 12.5. The number of hydrazine groups is 1. The van der Waals surface area contributed by atoms with Crippen molar-refractivity contribution < 1.29 is 19.0 Å². The molecule has 3 N–H and O–H groups in total. The van der Waals surface area contributed by atoms with Crippen LogP contribution in [0.3, 0.4) is 0 Å². The molecule has 0 aliphatic carbocycles. The minimum absolute atomic E-state index is 0.276. The Labute approximate surface area is 196 Å². The summed E-state index contributed by atoms with van der Waals surface area (Å²) in [5.41, 5.74) is 9.38. The molecule has 0 fully saturated rings. The van der Waals surface area contributed by atoms with E-state index < -0.39 is 0 Å². The van der Waals surface area contributed by atoms with Crippen LogP contribution < -0.4 is 30.4 Å². The van der Waals surface area contributed by atoms with Crippen molar-refractivity contribution in [3.63, 3.8) is 0 Å². The highest BCUT2D eigenvalue weighted by atomic mass is 79.9. The van der Waals surface area contributed by atoms with Crippen LogP contribution >= 0.6 is 28.1 Å². The largest absolute Gasteiger partial charge is 0.496 e. The maximum atomic E-state index is 12.5. The van der Waals surface area contributed by atoms with Crippen molar-refractivity contribution in [1.82, 2.24) is 10.9 Å². The summed E-state index contributed by atoms with van der Waals surface area (Å²) in [5.74, 6) is 1.28. The van der Waals surface area contributed by atoms with Gasteiger partial charge in [-0.3, -0.25) is 15.6 Å². The number of aryl methyl sites for hydroxylation is 2. The van der Waals surface area contributed by atoms with Gasteiger partial charge in [0, 0.05) is 27.4 Å². The first-order valence-corrected chi connectivity index (χ1v) is 10.5. The number of hydrogen-bond donors (Lipinski definition) is 3. The van der Waals surface area contributed by atoms with Gasteiger partial charge in [-0.1, -0.05) is 15.9 Å². The molecule has 0 heterocycles. The number of rotatable bonds is 6. The zero-order valence-electron chi connectivity index (χ0n) is 18.3. The summed E-state index contributed by atoms with van der Waals surface area (Å²) in [6, 6.07) is 7.42. The molecule has 166 valence electrons. The molecule has 0 atom stereocenters. The average Bonchev–Trinajstić information content (AvgIpc) is 2.73. The van der Waals surface area contributed by atoms with Crippen molar-refractivity contribution in [2.45, 2.75) is 20.8 Å². The van der Waals surface area contributed by atoms with E-state index >= 15 is 0 Å². The van der Waals surface area contributed by atoms with E-state index in [0.29, 0.717) is 28.4 Å². The van der Waals surface area contributed by atoms with Gasteiger partial charge in [-0.15, -0.1) is 0 Å². The van der Waals surface area contributed by atoms with E-state index in [4.69, 9.17) is 26.4 Å². The van der Waals surface area contributed by atoms with E-state index in [2.05, 4.69) is 32.1 Å². The second kappa shape index (κ2) is 11.0. The Kier molecular flexibility index (Phi) is 8.70. The molecule has 0 unspecified atom stereocenters. The van der Waals surface area contributed by atoms with Gasteiger partial charge in [-0.05, 0) is 68.4 Å². The Bertz CT molecular complexity index is 1000. The van der Waals surface area contributed by atoms with Crippen molar-refractivity contribution in [3.8, 4) is 17.2 Å². The highest BCUT2D eigenvalue weighted by molar-refractivity contribution is 9.10. The summed E-state index contributed by atoms with van der Waals surface area (Å²) in [6.45, 7) is 5.64. The second-order valence-corrected chi connectivity index (χ2v) is 8.05. The van der Waals surface area contributed by atoms with E-state index in [-0.39, 0.29) is 11.0 Å². The van der Waals surface area contributed by atoms with E-state index in [1.165, 1.54) is 0 Å². The fourth-order valence-corrected chi connectivity index (χ4v) is 3.77. The minimum Gasteiger partial charge on any atom is -0.496 e. The Balaban J connectivity index is 2.09. The van der Waals surface area contributed by atoms with Gasteiger partial charge in [0.2, 0.25) is 0 Å². The van der Waals surface area contributed by atoms with Crippen LogP contribution in [-0.4, -0.2) is 32.3 Å². The Morgan fingerprint density at radius 2 is 1.48 bits per heavy atom. The van der Waals surface area contributed by atoms with Crippen molar-refractivity contribution in [1.29, 1.82) is 0 Å². The molecule has 0 spiro atoms. The standard InChI is InChI=1S/C22H26BrN3O4S/c1-12-8-16(23)9-13(2)20(12)24-22(31)26-25-21(27)14(3)7-15-10-18(29-5)19(30-6)11-17(15)28-4/h7-11H,1-6H3,(H,25,27)(H2,24,26,31)/b14-7-. The van der Waals surface area contributed by atoms with Crippen molar-refractivity contribution in [2.75, 3.05) is 26.6 Å². The summed E-state index contributed by atoms with van der Waals surface area (Å²) in [6.07, 6.45) is 1.69. The van der Waals surface area contributed by atoms with Crippen LogP contribution in [0.15, 0.2) is 34.3 Å². The Hall–Kier alpha value is -2.78. The van der Waals surface area contributed by atoms with Gasteiger partial charge in [0.25, 0.3) is 5.91 Å². The fraction of sp³-hybridized carbons (Fsp3) is 0.273. The summed E-state index contributed by atoms with van der Waals surface area (Å²) >= 11 is 8.77. The van der Waals surface area contributed by atoms with Crippen molar-refractivity contribution in [2.24, 2.45) is 0 Å². The molecule has 0 saturated carbocycles. The van der Waals surface area contributed by atoms with Crippen LogP contribution in [0, 0.1) is 13.8 Å². The smallest absolute Gasteiger partial charge is 0.265 e. The molecule has 0 aliphatic heterocycles. The van der Waals surface area contributed by atoms with E-state index in [1.807, 2.05) is 26.0 Å². The third-order valence-corrected chi connectivity index (χ3v) is 5.15. The Morgan fingerprint density at radius 1 is 0.935 bits per heavy atom. The summed E-state index contributed by atoms with van der Waals surface area (Å²) < 4.78 is 17.0. The van der Waals surface area contributed by atoms with Gasteiger partial charge in [-0.25, -0.2) is 0 Å². The molecular weight excluding hydrogens is 482 g/mol. The van der Waals surface area contributed by atoms with Crippen LogP contribution in [0.2, 0.25) is 0 Å². The molecule has 1 amide bonds. The first-order chi connectivity index (χ1) is 14.7. The number of anilines is 1. The maximum Gasteiger partial charge on any atom is 0.265 e. The second-order valence-electron chi connectivity index (χ2n) is 6.72. The van der Waals surface area contributed by atoms with E-state index in [0.717, 1.165) is 21.3 Å². The lowest BCUT2D eigenvalue weighted by Crippen LogP contribution is -2.44. The van der Waals surface area contributed by atoms with Gasteiger partial charge < -0.3 is 19.5 Å². The molecule has 2 rings (SSSR count). The van der Waals surface area contributed by atoms with Gasteiger partial charge in [0.15, 0.2) is 16.6 Å². The number of carbonyl (C=O) groups excluding carboxylic acids is 1. The zero-order valence-corrected chi connectivity index (χ0v) is 20.7. The van der Waals surface area contributed by atoms with Crippen LogP contribution in [0.1, 0.15) is 23.6 Å². The monoisotopic (exact) mass is 507 g/mol. The van der Waals surface area contributed by atoms with Gasteiger partial charge >= 0.3 is 0 Å². The number of hydrogen-bond acceptors (Lipinski definition) is 5. The molecule has 0 aromatic heterocycles. The molecule has 2 aromatic carbocycles. The summed E-state index contributed by atoms with van der Waals surface area (Å²) in [4.78, 5) is 12.5. The average molecular weight is 508 g/mol. The van der Waals surface area contributed by atoms with Crippen molar-refractivity contribution in [3.05, 3.63) is 51.0 Å². The highest BCUT2D eigenvalue weighted by Crippen LogP contribution is 2.35. The molecular formula is C22H26BrN3O4S. The fourth-order valence-electron chi connectivity index (χ4n) is 2.93. The number of nitrogens with one attached hydrogen (secondary N) is 3. The molecule has 0 radical (unpaired) electrons. The predicted molar refractivity (Wildman–Crippen MR) is 131 cm³/mol. The van der Waals surface area contributed by atoms with Crippen LogP contribution in [-0.2, 0) is 4.79 Å². The van der Waals surface area contributed by atoms with Crippen LogP contribution in [0.25, 0.3) is 6.08 Å². The number of thiocarbonyl (C=S) groups is 1. The third-order valence-electron chi connectivity index (χ3n) is 4.49. The van der Waals surface area contributed by atoms with Gasteiger partial charge in [0.05, 0.1) is 21.3 Å². The lowest BCUT2D eigenvalue weighted by Gasteiger charge is -2.16.